The van der Waals surface area contributed by atoms with Crippen LogP contribution in [0, 0.1) is 0 Å². The van der Waals surface area contributed by atoms with E-state index in [0.717, 1.165) is 19.1 Å². The Hall–Kier alpha value is -0.100. The summed E-state index contributed by atoms with van der Waals surface area (Å²) in [4.78, 5) is 10.1. The summed E-state index contributed by atoms with van der Waals surface area (Å²) >= 11 is 0. The monoisotopic (exact) mass is 176 g/mol. The molecule has 0 fully saturated rings. The van der Waals surface area contributed by atoms with E-state index in [1.807, 2.05) is 0 Å². The summed E-state index contributed by atoms with van der Waals surface area (Å²) in [6, 6.07) is 0. The molecule has 66 valence electrons. The molecule has 0 amide bonds. The minimum absolute atomic E-state index is 0.180. The highest BCUT2D eigenvalue weighted by Gasteiger charge is 2.03. The van der Waals surface area contributed by atoms with Crippen molar-refractivity contribution in [3.63, 3.8) is 0 Å². The fourth-order valence-electron chi connectivity index (χ4n) is 1.02. The Morgan fingerprint density at radius 3 is 2.64 bits per heavy atom. The average Bonchev–Trinajstić information content (AvgIpc) is 2.03. The molecule has 0 aliphatic heterocycles. The third-order valence-corrected chi connectivity index (χ3v) is 2.76. The van der Waals surface area contributed by atoms with Gasteiger partial charge in [0.2, 0.25) is 0 Å². The van der Waals surface area contributed by atoms with E-state index in [9.17, 15) is 9.36 Å². The molecule has 0 N–H and O–H groups in total. The van der Waals surface area contributed by atoms with Crippen molar-refractivity contribution in [3.8, 4) is 0 Å². The van der Waals surface area contributed by atoms with Crippen LogP contribution in [0.5, 0.6) is 0 Å². The SMILES string of the molecule is CCCCCC(CC=O)[PH2]=O. The molecule has 0 saturated heterocycles. The van der Waals surface area contributed by atoms with Crippen molar-refractivity contribution in [1.82, 2.24) is 0 Å². The first-order valence-electron chi connectivity index (χ1n) is 4.24. The van der Waals surface area contributed by atoms with E-state index >= 15 is 0 Å². The first-order valence-corrected chi connectivity index (χ1v) is 5.37. The van der Waals surface area contributed by atoms with Gasteiger partial charge in [-0.05, 0) is 6.42 Å². The number of rotatable bonds is 7. The van der Waals surface area contributed by atoms with Gasteiger partial charge in [-0.3, -0.25) is 0 Å². The maximum Gasteiger partial charge on any atom is 0.120 e. The fraction of sp³-hybridized carbons (Fsp3) is 0.875. The van der Waals surface area contributed by atoms with Gasteiger partial charge in [-0.25, -0.2) is 0 Å². The van der Waals surface area contributed by atoms with Crippen molar-refractivity contribution >= 4 is 14.7 Å². The summed E-state index contributed by atoms with van der Waals surface area (Å²) in [7, 11) is -0.753. The third kappa shape index (κ3) is 6.30. The molecule has 0 aromatic carbocycles. The maximum absolute atomic E-state index is 10.5. The van der Waals surface area contributed by atoms with Gasteiger partial charge < -0.3 is 9.36 Å². The lowest BCUT2D eigenvalue weighted by Crippen LogP contribution is -1.98. The lowest BCUT2D eigenvalue weighted by atomic mass is 10.1. The van der Waals surface area contributed by atoms with Crippen molar-refractivity contribution < 1.29 is 9.36 Å². The van der Waals surface area contributed by atoms with Crippen LogP contribution in [0.4, 0.5) is 0 Å². The van der Waals surface area contributed by atoms with E-state index in [0.29, 0.717) is 6.42 Å². The summed E-state index contributed by atoms with van der Waals surface area (Å²) in [6.45, 7) is 2.14. The lowest BCUT2D eigenvalue weighted by molar-refractivity contribution is -0.107. The largest absolute Gasteiger partial charge is 0.330 e. The molecule has 0 spiro atoms. The average molecular weight is 176 g/mol. The van der Waals surface area contributed by atoms with Gasteiger partial charge >= 0.3 is 0 Å². The van der Waals surface area contributed by atoms with Crippen LogP contribution in [0.25, 0.3) is 0 Å². The van der Waals surface area contributed by atoms with Gasteiger partial charge in [-0.2, -0.15) is 0 Å². The second kappa shape index (κ2) is 8.00. The molecule has 0 aromatic heterocycles. The Bertz CT molecular complexity index is 115. The van der Waals surface area contributed by atoms with Crippen molar-refractivity contribution in [2.24, 2.45) is 0 Å². The Kier molecular flexibility index (Phi) is 7.93. The molecule has 2 nitrogen and oxygen atoms in total. The second-order valence-electron chi connectivity index (χ2n) is 2.79. The van der Waals surface area contributed by atoms with Gasteiger partial charge in [0.15, 0.2) is 0 Å². The summed E-state index contributed by atoms with van der Waals surface area (Å²) in [5, 5.41) is 0. The van der Waals surface area contributed by atoms with E-state index in [1.165, 1.54) is 12.8 Å². The van der Waals surface area contributed by atoms with E-state index < -0.39 is 8.46 Å². The Labute approximate surface area is 69.6 Å². The fourth-order valence-corrected chi connectivity index (χ4v) is 1.62. The van der Waals surface area contributed by atoms with Gasteiger partial charge in [0, 0.05) is 12.1 Å². The number of hydrogen-bond acceptors (Lipinski definition) is 2. The molecule has 0 saturated carbocycles. The highest BCUT2D eigenvalue weighted by Crippen LogP contribution is 2.17. The molecular formula is C8H17O2P. The molecule has 0 radical (unpaired) electrons. The van der Waals surface area contributed by atoms with Crippen LogP contribution < -0.4 is 0 Å². The molecule has 2 atom stereocenters. The second-order valence-corrected chi connectivity index (χ2v) is 4.01. The van der Waals surface area contributed by atoms with Crippen LogP contribution in [0.15, 0.2) is 0 Å². The van der Waals surface area contributed by atoms with E-state index in [4.69, 9.17) is 0 Å². The lowest BCUT2D eigenvalue weighted by Gasteiger charge is -2.04. The van der Waals surface area contributed by atoms with Gasteiger partial charge in [0.05, 0.1) is 8.46 Å². The minimum atomic E-state index is -0.753. The molecule has 3 heteroatoms. The third-order valence-electron chi connectivity index (χ3n) is 1.77. The molecule has 0 aliphatic rings. The summed E-state index contributed by atoms with van der Waals surface area (Å²) < 4.78 is 10.5. The van der Waals surface area contributed by atoms with E-state index in [-0.39, 0.29) is 5.66 Å². The van der Waals surface area contributed by atoms with Crippen LogP contribution in [0.3, 0.4) is 0 Å². The molecule has 2 unspecified atom stereocenters. The zero-order valence-electron chi connectivity index (χ0n) is 7.08. The minimum Gasteiger partial charge on any atom is -0.330 e. The van der Waals surface area contributed by atoms with Crippen molar-refractivity contribution in [1.29, 1.82) is 0 Å². The zero-order chi connectivity index (χ0) is 8.53. The topological polar surface area (TPSA) is 34.1 Å². The normalized spacial score (nSPS) is 13.9. The Balaban J connectivity index is 3.35. The molecule has 0 aliphatic carbocycles. The molecular weight excluding hydrogens is 159 g/mol. The molecule has 0 heterocycles. The van der Waals surface area contributed by atoms with Crippen molar-refractivity contribution in [2.75, 3.05) is 0 Å². The van der Waals surface area contributed by atoms with Crippen LogP contribution in [-0.2, 0) is 9.36 Å². The first-order chi connectivity index (χ1) is 5.35. The highest BCUT2D eigenvalue weighted by molar-refractivity contribution is 7.24. The quantitative estimate of drug-likeness (QED) is 0.339. The van der Waals surface area contributed by atoms with Crippen LogP contribution in [0.1, 0.15) is 39.0 Å². The molecule has 11 heavy (non-hydrogen) atoms. The number of aldehydes is 1. The first kappa shape index (κ1) is 10.9. The van der Waals surface area contributed by atoms with Crippen LogP contribution in [0.2, 0.25) is 0 Å². The van der Waals surface area contributed by atoms with Gasteiger partial charge in [0.25, 0.3) is 0 Å². The summed E-state index contributed by atoms with van der Waals surface area (Å²) in [5.74, 6) is 0. The number of carbonyl (C=O) groups is 1. The summed E-state index contributed by atoms with van der Waals surface area (Å²) in [5.41, 5.74) is 0.180. The zero-order valence-corrected chi connectivity index (χ0v) is 8.24. The van der Waals surface area contributed by atoms with Crippen molar-refractivity contribution in [3.05, 3.63) is 0 Å². The van der Waals surface area contributed by atoms with Crippen LogP contribution >= 0.6 is 8.46 Å². The van der Waals surface area contributed by atoms with E-state index in [2.05, 4.69) is 6.92 Å². The molecule has 0 rings (SSSR count). The standard InChI is InChI=1S/C8H17O2P/c1-2-3-4-5-8(11-10)6-7-9/h7-8H,2-6,11H2,1H3. The number of carbonyl (C=O) groups excluding carboxylic acids is 1. The molecule has 0 bridgehead atoms. The maximum atomic E-state index is 10.5. The smallest absolute Gasteiger partial charge is 0.120 e. The summed E-state index contributed by atoms with van der Waals surface area (Å²) in [6.07, 6.45) is 5.82. The Morgan fingerprint density at radius 1 is 1.45 bits per heavy atom. The predicted octanol–water partition coefficient (Wildman–Crippen LogP) is 2.28. The van der Waals surface area contributed by atoms with Gasteiger partial charge in [0.1, 0.15) is 6.29 Å². The van der Waals surface area contributed by atoms with Crippen molar-refractivity contribution in [2.45, 2.75) is 44.7 Å². The number of unbranched alkanes of at least 4 members (excludes halogenated alkanes) is 2. The molecule has 0 aromatic rings. The van der Waals surface area contributed by atoms with E-state index in [1.54, 1.807) is 0 Å². The van der Waals surface area contributed by atoms with Gasteiger partial charge in [-0.15, -0.1) is 0 Å². The Morgan fingerprint density at radius 2 is 2.18 bits per heavy atom. The van der Waals surface area contributed by atoms with Gasteiger partial charge in [-0.1, -0.05) is 26.2 Å². The predicted molar refractivity (Wildman–Crippen MR) is 49.0 cm³/mol. The highest BCUT2D eigenvalue weighted by atomic mass is 31.1. The number of hydrogen-bond donors (Lipinski definition) is 0. The van der Waals surface area contributed by atoms with Crippen LogP contribution in [-0.4, -0.2) is 11.9 Å².